The van der Waals surface area contributed by atoms with E-state index in [1.807, 2.05) is 18.2 Å². The topological polar surface area (TPSA) is 45.2 Å². The summed E-state index contributed by atoms with van der Waals surface area (Å²) in [6.45, 7) is 2.44. The fourth-order valence-corrected chi connectivity index (χ4v) is 2.20. The Morgan fingerprint density at radius 3 is 2.67 bits per heavy atom. The van der Waals surface area contributed by atoms with Crippen molar-refractivity contribution in [2.45, 2.75) is 39.0 Å². The summed E-state index contributed by atoms with van der Waals surface area (Å²) in [5, 5.41) is 12.6. The van der Waals surface area contributed by atoms with E-state index in [0.717, 1.165) is 12.8 Å². The van der Waals surface area contributed by atoms with Crippen molar-refractivity contribution in [3.05, 3.63) is 65.2 Å². The number of benzene rings is 1. The van der Waals surface area contributed by atoms with E-state index in [4.69, 9.17) is 0 Å². The summed E-state index contributed by atoms with van der Waals surface area (Å²) in [4.78, 5) is 3.85. The number of halogens is 1. The average Bonchev–Trinajstić information content (AvgIpc) is 2.52. The van der Waals surface area contributed by atoms with E-state index < -0.39 is 5.95 Å². The number of pyridine rings is 1. The van der Waals surface area contributed by atoms with Crippen molar-refractivity contribution in [1.82, 2.24) is 10.3 Å². The second-order valence-corrected chi connectivity index (χ2v) is 5.20. The van der Waals surface area contributed by atoms with Crippen molar-refractivity contribution >= 4 is 0 Å². The minimum atomic E-state index is -0.513. The summed E-state index contributed by atoms with van der Waals surface area (Å²) >= 11 is 0. The minimum absolute atomic E-state index is 0.122. The Bertz CT molecular complexity index is 560. The van der Waals surface area contributed by atoms with Crippen LogP contribution in [-0.4, -0.2) is 16.1 Å². The van der Waals surface area contributed by atoms with Crippen molar-refractivity contribution in [1.29, 1.82) is 0 Å². The van der Waals surface area contributed by atoms with Crippen LogP contribution in [0.15, 0.2) is 42.5 Å². The van der Waals surface area contributed by atoms with E-state index in [9.17, 15) is 9.50 Å². The highest BCUT2D eigenvalue weighted by Crippen LogP contribution is 2.09. The van der Waals surface area contributed by atoms with E-state index in [1.54, 1.807) is 6.07 Å². The van der Waals surface area contributed by atoms with Gasteiger partial charge in [-0.3, -0.25) is 0 Å². The second-order valence-electron chi connectivity index (χ2n) is 5.20. The molecule has 0 fully saturated rings. The molecule has 1 atom stereocenters. The van der Waals surface area contributed by atoms with Crippen LogP contribution in [0.3, 0.4) is 0 Å². The molecule has 0 aliphatic rings. The van der Waals surface area contributed by atoms with Crippen LogP contribution in [0.5, 0.6) is 0 Å². The van der Waals surface area contributed by atoms with Crippen molar-refractivity contribution in [2.24, 2.45) is 0 Å². The summed E-state index contributed by atoms with van der Waals surface area (Å²) in [6, 6.07) is 13.5. The molecule has 4 heteroatoms. The summed E-state index contributed by atoms with van der Waals surface area (Å²) in [6.07, 6.45) is 1.99. The van der Waals surface area contributed by atoms with Gasteiger partial charge < -0.3 is 10.4 Å². The van der Waals surface area contributed by atoms with Crippen molar-refractivity contribution in [3.8, 4) is 0 Å². The molecule has 0 amide bonds. The molecule has 0 radical (unpaired) electrons. The van der Waals surface area contributed by atoms with Gasteiger partial charge in [0.15, 0.2) is 0 Å². The molecule has 21 heavy (non-hydrogen) atoms. The first-order chi connectivity index (χ1) is 10.2. The van der Waals surface area contributed by atoms with Gasteiger partial charge in [-0.15, -0.1) is 0 Å². The largest absolute Gasteiger partial charge is 0.392 e. The summed E-state index contributed by atoms with van der Waals surface area (Å²) in [5.74, 6) is -0.513. The monoisotopic (exact) mass is 288 g/mol. The van der Waals surface area contributed by atoms with E-state index in [0.29, 0.717) is 23.8 Å². The van der Waals surface area contributed by atoms with E-state index >= 15 is 0 Å². The fraction of sp³-hybridized carbons (Fsp3) is 0.353. The minimum Gasteiger partial charge on any atom is -0.392 e. The molecule has 0 bridgehead atoms. The molecule has 0 saturated heterocycles. The molecule has 0 spiro atoms. The van der Waals surface area contributed by atoms with Gasteiger partial charge >= 0.3 is 0 Å². The molecular weight excluding hydrogens is 267 g/mol. The van der Waals surface area contributed by atoms with Gasteiger partial charge in [-0.05, 0) is 31.4 Å². The molecule has 1 heterocycles. The van der Waals surface area contributed by atoms with Gasteiger partial charge in [0, 0.05) is 18.2 Å². The van der Waals surface area contributed by atoms with E-state index in [1.165, 1.54) is 11.6 Å². The molecule has 2 rings (SSSR count). The Morgan fingerprint density at radius 2 is 1.95 bits per heavy atom. The number of nitrogens with zero attached hydrogens (tertiary/aromatic N) is 1. The lowest BCUT2D eigenvalue weighted by Crippen LogP contribution is -2.27. The maximum Gasteiger partial charge on any atom is 0.213 e. The Kier molecular flexibility index (Phi) is 5.84. The predicted molar refractivity (Wildman–Crippen MR) is 81.2 cm³/mol. The number of aliphatic hydroxyl groups excluding tert-OH is 1. The molecule has 0 aliphatic carbocycles. The van der Waals surface area contributed by atoms with Crippen LogP contribution >= 0.6 is 0 Å². The van der Waals surface area contributed by atoms with Crippen LogP contribution in [0.25, 0.3) is 0 Å². The Balaban J connectivity index is 1.84. The van der Waals surface area contributed by atoms with Crippen molar-refractivity contribution < 1.29 is 9.50 Å². The SMILES string of the molecule is CC(CCc1ccccc1)NCc1nc(F)ccc1CO. The van der Waals surface area contributed by atoms with Crippen molar-refractivity contribution in [3.63, 3.8) is 0 Å². The first kappa shape index (κ1) is 15.6. The smallest absolute Gasteiger partial charge is 0.213 e. The van der Waals surface area contributed by atoms with Gasteiger partial charge in [0.2, 0.25) is 5.95 Å². The van der Waals surface area contributed by atoms with Crippen LogP contribution in [0, 0.1) is 5.95 Å². The number of hydrogen-bond acceptors (Lipinski definition) is 3. The number of aryl methyl sites for hydroxylation is 1. The third kappa shape index (κ3) is 4.92. The van der Waals surface area contributed by atoms with Gasteiger partial charge in [-0.25, -0.2) is 4.98 Å². The van der Waals surface area contributed by atoms with Gasteiger partial charge in [-0.1, -0.05) is 36.4 Å². The van der Waals surface area contributed by atoms with Gasteiger partial charge in [0.05, 0.1) is 12.3 Å². The normalized spacial score (nSPS) is 12.3. The molecule has 0 aliphatic heterocycles. The van der Waals surface area contributed by atoms with Crippen LogP contribution in [-0.2, 0) is 19.6 Å². The van der Waals surface area contributed by atoms with E-state index in [-0.39, 0.29) is 6.61 Å². The first-order valence-corrected chi connectivity index (χ1v) is 7.21. The predicted octanol–water partition coefficient (Wildman–Crippen LogP) is 2.82. The maximum atomic E-state index is 13.2. The fourth-order valence-electron chi connectivity index (χ4n) is 2.20. The Morgan fingerprint density at radius 1 is 1.19 bits per heavy atom. The lowest BCUT2D eigenvalue weighted by Gasteiger charge is -2.15. The number of aliphatic hydroxyl groups is 1. The zero-order chi connectivity index (χ0) is 15.1. The molecule has 2 aromatic rings. The quantitative estimate of drug-likeness (QED) is 0.770. The number of aromatic nitrogens is 1. The third-order valence-corrected chi connectivity index (χ3v) is 3.53. The second kappa shape index (κ2) is 7.86. The zero-order valence-corrected chi connectivity index (χ0v) is 12.2. The van der Waals surface area contributed by atoms with E-state index in [2.05, 4.69) is 29.4 Å². The summed E-state index contributed by atoms with van der Waals surface area (Å²) in [5.41, 5.74) is 2.55. The zero-order valence-electron chi connectivity index (χ0n) is 12.2. The average molecular weight is 288 g/mol. The van der Waals surface area contributed by atoms with Crippen LogP contribution in [0.1, 0.15) is 30.2 Å². The van der Waals surface area contributed by atoms with Crippen LogP contribution in [0.2, 0.25) is 0 Å². The van der Waals surface area contributed by atoms with Gasteiger partial charge in [0.25, 0.3) is 0 Å². The van der Waals surface area contributed by atoms with Crippen LogP contribution < -0.4 is 5.32 Å². The molecule has 1 aromatic heterocycles. The standard InChI is InChI=1S/C17H21FN2O/c1-13(7-8-14-5-3-2-4-6-14)19-11-16-15(12-21)9-10-17(18)20-16/h2-6,9-10,13,19,21H,7-8,11-12H2,1H3. The lowest BCUT2D eigenvalue weighted by molar-refractivity contribution is 0.279. The third-order valence-electron chi connectivity index (χ3n) is 3.53. The highest BCUT2D eigenvalue weighted by Gasteiger charge is 2.08. The summed E-state index contributed by atoms with van der Waals surface area (Å²) in [7, 11) is 0. The Hall–Kier alpha value is -1.78. The number of rotatable bonds is 7. The molecule has 1 aromatic carbocycles. The molecule has 2 N–H and O–H groups in total. The molecule has 0 saturated carbocycles. The molecule has 1 unspecified atom stereocenters. The van der Waals surface area contributed by atoms with Crippen LogP contribution in [0.4, 0.5) is 4.39 Å². The molecule has 3 nitrogen and oxygen atoms in total. The number of nitrogens with one attached hydrogen (secondary N) is 1. The first-order valence-electron chi connectivity index (χ1n) is 7.21. The van der Waals surface area contributed by atoms with Gasteiger partial charge in [0.1, 0.15) is 0 Å². The lowest BCUT2D eigenvalue weighted by atomic mass is 10.1. The summed E-state index contributed by atoms with van der Waals surface area (Å²) < 4.78 is 13.2. The van der Waals surface area contributed by atoms with Crippen molar-refractivity contribution in [2.75, 3.05) is 0 Å². The molecular formula is C17H21FN2O. The number of hydrogen-bond donors (Lipinski definition) is 2. The highest BCUT2D eigenvalue weighted by atomic mass is 19.1. The van der Waals surface area contributed by atoms with Gasteiger partial charge in [-0.2, -0.15) is 4.39 Å². The Labute approximate surface area is 124 Å². The molecule has 112 valence electrons. The highest BCUT2D eigenvalue weighted by molar-refractivity contribution is 5.19. The maximum absolute atomic E-state index is 13.2.